The zero-order valence-electron chi connectivity index (χ0n) is 14.4. The lowest BCUT2D eigenvalue weighted by atomic mass is 9.92. The molecule has 122 valence electrons. The van der Waals surface area contributed by atoms with Crippen LogP contribution >= 0.6 is 0 Å². The molecule has 1 heterocycles. The molecule has 1 fully saturated rings. The van der Waals surface area contributed by atoms with Gasteiger partial charge in [-0.3, -0.25) is 0 Å². The van der Waals surface area contributed by atoms with Crippen molar-refractivity contribution in [2.24, 2.45) is 5.92 Å². The fourth-order valence-electron chi connectivity index (χ4n) is 3.65. The summed E-state index contributed by atoms with van der Waals surface area (Å²) in [5, 5.41) is 6.57. The zero-order chi connectivity index (χ0) is 16.2. The van der Waals surface area contributed by atoms with Crippen LogP contribution in [0.1, 0.15) is 49.3 Å². The van der Waals surface area contributed by atoms with Crippen LogP contribution in [-0.2, 0) is 6.42 Å². The normalized spacial score (nSPS) is 18.5. The first-order valence-corrected chi connectivity index (χ1v) is 8.78. The van der Waals surface area contributed by atoms with Crippen LogP contribution in [0.2, 0.25) is 0 Å². The van der Waals surface area contributed by atoms with Crippen molar-refractivity contribution in [3.8, 4) is 0 Å². The SMILES string of the molecule is C=C(C)/C(=C/c1ccc(C)c(CC2CCCC2)c1)C1=CNCN1. The van der Waals surface area contributed by atoms with Gasteiger partial charge >= 0.3 is 0 Å². The summed E-state index contributed by atoms with van der Waals surface area (Å²) in [4.78, 5) is 0. The van der Waals surface area contributed by atoms with E-state index in [-0.39, 0.29) is 0 Å². The van der Waals surface area contributed by atoms with E-state index in [1.54, 1.807) is 0 Å². The van der Waals surface area contributed by atoms with Crippen LogP contribution in [0, 0.1) is 12.8 Å². The van der Waals surface area contributed by atoms with E-state index in [2.05, 4.69) is 55.3 Å². The van der Waals surface area contributed by atoms with Gasteiger partial charge in [-0.2, -0.15) is 0 Å². The molecule has 0 atom stereocenters. The van der Waals surface area contributed by atoms with Gasteiger partial charge < -0.3 is 10.6 Å². The second-order valence-corrected chi connectivity index (χ2v) is 6.99. The average molecular weight is 308 g/mol. The highest BCUT2D eigenvalue weighted by molar-refractivity contribution is 5.65. The Morgan fingerprint density at radius 1 is 1.30 bits per heavy atom. The Labute approximate surface area is 140 Å². The molecule has 3 rings (SSSR count). The lowest BCUT2D eigenvalue weighted by Gasteiger charge is -2.14. The predicted octanol–water partition coefficient (Wildman–Crippen LogP) is 4.68. The first-order chi connectivity index (χ1) is 11.1. The maximum Gasteiger partial charge on any atom is 0.0846 e. The average Bonchev–Trinajstić information content (AvgIpc) is 3.21. The van der Waals surface area contributed by atoms with Crippen LogP contribution in [0.3, 0.4) is 0 Å². The molecule has 0 aromatic heterocycles. The summed E-state index contributed by atoms with van der Waals surface area (Å²) in [6.45, 7) is 9.24. The molecule has 0 bridgehead atoms. The molecular weight excluding hydrogens is 280 g/mol. The Hall–Kier alpha value is -1.96. The van der Waals surface area contributed by atoms with E-state index in [9.17, 15) is 0 Å². The van der Waals surface area contributed by atoms with E-state index in [1.165, 1.54) is 54.4 Å². The number of nitrogens with one attached hydrogen (secondary N) is 2. The third-order valence-corrected chi connectivity index (χ3v) is 5.04. The Bertz CT molecular complexity index is 646. The van der Waals surface area contributed by atoms with Crippen molar-refractivity contribution in [1.82, 2.24) is 10.6 Å². The molecule has 1 aliphatic carbocycles. The molecule has 0 radical (unpaired) electrons. The van der Waals surface area contributed by atoms with E-state index >= 15 is 0 Å². The van der Waals surface area contributed by atoms with Gasteiger partial charge in [0.1, 0.15) is 0 Å². The summed E-state index contributed by atoms with van der Waals surface area (Å²) in [6.07, 6.45) is 11.2. The molecular formula is C21H28N2. The first kappa shape index (κ1) is 15.9. The van der Waals surface area contributed by atoms with Crippen LogP contribution in [0.25, 0.3) is 6.08 Å². The molecule has 23 heavy (non-hydrogen) atoms. The topological polar surface area (TPSA) is 24.1 Å². The van der Waals surface area contributed by atoms with Crippen molar-refractivity contribution in [2.45, 2.75) is 46.0 Å². The Balaban J connectivity index is 1.86. The molecule has 2 heteroatoms. The number of benzene rings is 1. The Morgan fingerprint density at radius 3 is 2.74 bits per heavy atom. The highest BCUT2D eigenvalue weighted by Crippen LogP contribution is 2.30. The number of hydrogen-bond donors (Lipinski definition) is 2. The van der Waals surface area contributed by atoms with E-state index in [1.807, 2.05) is 6.20 Å². The van der Waals surface area contributed by atoms with Crippen molar-refractivity contribution in [3.05, 3.63) is 64.5 Å². The number of allylic oxidation sites excluding steroid dienone is 1. The van der Waals surface area contributed by atoms with Gasteiger partial charge in [0.15, 0.2) is 0 Å². The Morgan fingerprint density at radius 2 is 2.09 bits per heavy atom. The fraction of sp³-hybridized carbons (Fsp3) is 0.429. The summed E-state index contributed by atoms with van der Waals surface area (Å²) >= 11 is 0. The minimum atomic E-state index is 0.792. The molecule has 1 saturated carbocycles. The predicted molar refractivity (Wildman–Crippen MR) is 98.9 cm³/mol. The number of rotatable bonds is 5. The third-order valence-electron chi connectivity index (χ3n) is 5.04. The molecule has 0 unspecified atom stereocenters. The van der Waals surface area contributed by atoms with Gasteiger partial charge in [-0.05, 0) is 54.5 Å². The molecule has 2 N–H and O–H groups in total. The van der Waals surface area contributed by atoms with E-state index < -0.39 is 0 Å². The van der Waals surface area contributed by atoms with E-state index in [0.717, 1.165) is 23.9 Å². The maximum atomic E-state index is 4.14. The van der Waals surface area contributed by atoms with Gasteiger partial charge in [-0.1, -0.05) is 50.5 Å². The first-order valence-electron chi connectivity index (χ1n) is 8.78. The van der Waals surface area contributed by atoms with Gasteiger partial charge in [0, 0.05) is 11.8 Å². The summed E-state index contributed by atoms with van der Waals surface area (Å²) in [7, 11) is 0. The van der Waals surface area contributed by atoms with Crippen LogP contribution in [-0.4, -0.2) is 6.67 Å². The quantitative estimate of drug-likeness (QED) is 0.772. The van der Waals surface area contributed by atoms with E-state index in [0.29, 0.717) is 0 Å². The summed E-state index contributed by atoms with van der Waals surface area (Å²) in [5.41, 5.74) is 7.62. The molecule has 0 amide bonds. The minimum Gasteiger partial charge on any atom is -0.372 e. The molecule has 0 saturated heterocycles. The van der Waals surface area contributed by atoms with E-state index in [4.69, 9.17) is 0 Å². The van der Waals surface area contributed by atoms with Crippen molar-refractivity contribution in [2.75, 3.05) is 6.67 Å². The van der Waals surface area contributed by atoms with Gasteiger partial charge in [-0.25, -0.2) is 0 Å². The monoisotopic (exact) mass is 308 g/mol. The summed E-state index contributed by atoms with van der Waals surface area (Å²) in [5.74, 6) is 0.886. The molecule has 2 nitrogen and oxygen atoms in total. The second-order valence-electron chi connectivity index (χ2n) is 6.99. The highest BCUT2D eigenvalue weighted by Gasteiger charge is 2.16. The van der Waals surface area contributed by atoms with Crippen molar-refractivity contribution >= 4 is 6.08 Å². The third kappa shape index (κ3) is 3.87. The molecule has 2 aliphatic rings. The molecule has 1 aromatic carbocycles. The second kappa shape index (κ2) is 7.08. The van der Waals surface area contributed by atoms with Crippen molar-refractivity contribution in [1.29, 1.82) is 0 Å². The van der Waals surface area contributed by atoms with Crippen molar-refractivity contribution < 1.29 is 0 Å². The standard InChI is InChI=1S/C21H28N2/c1-15(2)20(21-13-22-14-23-21)12-18-9-8-16(3)19(11-18)10-17-6-4-5-7-17/h8-9,11-13,17,22-23H,1,4-7,10,14H2,2-3H3/b20-12-. The van der Waals surface area contributed by atoms with Crippen LogP contribution in [0.5, 0.6) is 0 Å². The summed E-state index contributed by atoms with van der Waals surface area (Å²) in [6, 6.07) is 6.86. The van der Waals surface area contributed by atoms with Gasteiger partial charge in [0.25, 0.3) is 0 Å². The van der Waals surface area contributed by atoms with Crippen LogP contribution in [0.4, 0.5) is 0 Å². The van der Waals surface area contributed by atoms with Crippen LogP contribution in [0.15, 0.2) is 47.8 Å². The van der Waals surface area contributed by atoms with Crippen molar-refractivity contribution in [3.63, 3.8) is 0 Å². The fourth-order valence-corrected chi connectivity index (χ4v) is 3.65. The highest BCUT2D eigenvalue weighted by atomic mass is 15.1. The lowest BCUT2D eigenvalue weighted by molar-refractivity contribution is 0.545. The minimum absolute atomic E-state index is 0.792. The number of hydrogen-bond acceptors (Lipinski definition) is 2. The van der Waals surface area contributed by atoms with Gasteiger partial charge in [0.2, 0.25) is 0 Å². The number of aryl methyl sites for hydroxylation is 1. The molecule has 1 aromatic rings. The Kier molecular flexibility index (Phi) is 4.90. The maximum absolute atomic E-state index is 4.14. The lowest BCUT2D eigenvalue weighted by Crippen LogP contribution is -2.15. The summed E-state index contributed by atoms with van der Waals surface area (Å²) < 4.78 is 0. The smallest absolute Gasteiger partial charge is 0.0846 e. The zero-order valence-corrected chi connectivity index (χ0v) is 14.4. The molecule has 0 spiro atoms. The van der Waals surface area contributed by atoms with Gasteiger partial charge in [0.05, 0.1) is 12.4 Å². The van der Waals surface area contributed by atoms with Gasteiger partial charge in [-0.15, -0.1) is 0 Å². The van der Waals surface area contributed by atoms with Crippen LogP contribution < -0.4 is 10.6 Å². The largest absolute Gasteiger partial charge is 0.372 e. The molecule has 1 aliphatic heterocycles.